The molecule has 0 spiro atoms. The van der Waals surface area contributed by atoms with Crippen molar-refractivity contribution < 1.29 is 4.39 Å². The van der Waals surface area contributed by atoms with Gasteiger partial charge in [-0.25, -0.2) is 4.39 Å². The monoisotopic (exact) mass is 322 g/mol. The number of hydrogen-bond donors (Lipinski definition) is 1. The first-order chi connectivity index (χ1) is 9.09. The molecule has 0 bridgehead atoms. The first-order valence-corrected chi connectivity index (χ1v) is 6.82. The minimum Gasteiger partial charge on any atom is -0.379 e. The van der Waals surface area contributed by atoms with Crippen LogP contribution in [0.15, 0.2) is 46.9 Å². The third-order valence-electron chi connectivity index (χ3n) is 2.89. The van der Waals surface area contributed by atoms with E-state index < -0.39 is 0 Å². The second-order valence-electron chi connectivity index (χ2n) is 4.48. The number of nitrogens with zero attached hydrogens (tertiary/aromatic N) is 1. The molecule has 0 aliphatic rings. The Morgan fingerprint density at radius 3 is 2.58 bits per heavy atom. The zero-order valence-corrected chi connectivity index (χ0v) is 12.5. The highest BCUT2D eigenvalue weighted by molar-refractivity contribution is 9.10. The number of hydrogen-bond acceptors (Lipinski definition) is 2. The van der Waals surface area contributed by atoms with Crippen LogP contribution in [0.25, 0.3) is 0 Å². The van der Waals surface area contributed by atoms with Gasteiger partial charge < -0.3 is 10.2 Å². The van der Waals surface area contributed by atoms with Crippen LogP contribution in [0.2, 0.25) is 0 Å². The normalized spacial score (nSPS) is 10.3. The molecule has 0 saturated carbocycles. The lowest BCUT2D eigenvalue weighted by molar-refractivity contribution is 0.618. The van der Waals surface area contributed by atoms with Gasteiger partial charge >= 0.3 is 0 Å². The van der Waals surface area contributed by atoms with Crippen molar-refractivity contribution in [2.24, 2.45) is 0 Å². The highest BCUT2D eigenvalue weighted by Gasteiger charge is 2.07. The van der Waals surface area contributed by atoms with Crippen LogP contribution in [0.3, 0.4) is 0 Å². The Morgan fingerprint density at radius 2 is 1.84 bits per heavy atom. The van der Waals surface area contributed by atoms with Crippen LogP contribution < -0.4 is 10.2 Å². The maximum atomic E-state index is 13.4. The van der Waals surface area contributed by atoms with Gasteiger partial charge in [0.25, 0.3) is 0 Å². The number of halogens is 2. The molecular formula is C15H16BrFN2. The quantitative estimate of drug-likeness (QED) is 0.904. The Balaban J connectivity index is 2.17. The van der Waals surface area contributed by atoms with Gasteiger partial charge in [0.2, 0.25) is 0 Å². The molecule has 0 saturated heterocycles. The van der Waals surface area contributed by atoms with E-state index in [4.69, 9.17) is 0 Å². The molecule has 2 nitrogen and oxygen atoms in total. The molecule has 2 aromatic carbocycles. The second-order valence-corrected chi connectivity index (χ2v) is 5.27. The number of para-hydroxylation sites is 2. The van der Waals surface area contributed by atoms with Crippen LogP contribution in [0.5, 0.6) is 0 Å². The highest BCUT2D eigenvalue weighted by Crippen LogP contribution is 2.26. The van der Waals surface area contributed by atoms with Crippen LogP contribution in [0.1, 0.15) is 5.56 Å². The molecule has 1 N–H and O–H groups in total. The summed E-state index contributed by atoms with van der Waals surface area (Å²) in [5.41, 5.74) is 3.03. The first kappa shape index (κ1) is 13.9. The molecular weight excluding hydrogens is 307 g/mol. The lowest BCUT2D eigenvalue weighted by Gasteiger charge is -2.18. The number of benzene rings is 2. The van der Waals surface area contributed by atoms with Crippen LogP contribution in [-0.2, 0) is 6.54 Å². The van der Waals surface area contributed by atoms with Gasteiger partial charge in [-0.3, -0.25) is 0 Å². The lowest BCUT2D eigenvalue weighted by atomic mass is 10.2. The van der Waals surface area contributed by atoms with Gasteiger partial charge in [-0.15, -0.1) is 0 Å². The van der Waals surface area contributed by atoms with Crippen LogP contribution in [-0.4, -0.2) is 14.1 Å². The van der Waals surface area contributed by atoms with Crippen molar-refractivity contribution in [3.05, 3.63) is 58.3 Å². The summed E-state index contributed by atoms with van der Waals surface area (Å²) < 4.78 is 13.9. The molecule has 0 heterocycles. The summed E-state index contributed by atoms with van der Waals surface area (Å²) >= 11 is 3.28. The maximum Gasteiger partial charge on any atom is 0.137 e. The Morgan fingerprint density at radius 1 is 1.11 bits per heavy atom. The van der Waals surface area contributed by atoms with Crippen molar-refractivity contribution in [2.45, 2.75) is 6.54 Å². The molecule has 100 valence electrons. The molecule has 4 heteroatoms. The van der Waals surface area contributed by atoms with Crippen molar-refractivity contribution in [3.63, 3.8) is 0 Å². The summed E-state index contributed by atoms with van der Waals surface area (Å²) in [4.78, 5) is 2.04. The van der Waals surface area contributed by atoms with Gasteiger partial charge in [-0.05, 0) is 39.7 Å². The fourth-order valence-electron chi connectivity index (χ4n) is 1.89. The maximum absolute atomic E-state index is 13.4. The predicted octanol–water partition coefficient (Wildman–Crippen LogP) is 4.27. The molecule has 2 aromatic rings. The third-order valence-corrected chi connectivity index (χ3v) is 3.77. The Labute approximate surface area is 121 Å². The Bertz CT molecular complexity index is 570. The van der Waals surface area contributed by atoms with E-state index in [0.717, 1.165) is 16.9 Å². The highest BCUT2D eigenvalue weighted by atomic mass is 79.9. The van der Waals surface area contributed by atoms with Gasteiger partial charge in [0, 0.05) is 20.6 Å². The largest absolute Gasteiger partial charge is 0.379 e. The number of anilines is 2. The summed E-state index contributed by atoms with van der Waals surface area (Å²) in [5, 5.41) is 3.34. The van der Waals surface area contributed by atoms with Crippen molar-refractivity contribution >= 4 is 27.3 Å². The molecule has 0 radical (unpaired) electrons. The molecule has 0 aromatic heterocycles. The van der Waals surface area contributed by atoms with E-state index in [-0.39, 0.29) is 5.82 Å². The summed E-state index contributed by atoms with van der Waals surface area (Å²) in [6.07, 6.45) is 0. The van der Waals surface area contributed by atoms with Gasteiger partial charge in [0.05, 0.1) is 15.8 Å². The minimum atomic E-state index is -0.236. The van der Waals surface area contributed by atoms with Crippen LogP contribution >= 0.6 is 15.9 Å². The van der Waals surface area contributed by atoms with Gasteiger partial charge in [-0.1, -0.05) is 24.3 Å². The number of nitrogens with one attached hydrogen (secondary N) is 1. The molecule has 0 unspecified atom stereocenters. The zero-order chi connectivity index (χ0) is 13.8. The van der Waals surface area contributed by atoms with Gasteiger partial charge in [-0.2, -0.15) is 0 Å². The fourth-order valence-corrected chi connectivity index (χ4v) is 2.29. The number of rotatable bonds is 4. The Hall–Kier alpha value is -1.55. The third kappa shape index (κ3) is 3.26. The molecule has 0 aliphatic carbocycles. The van der Waals surface area contributed by atoms with Crippen LogP contribution in [0.4, 0.5) is 15.8 Å². The predicted molar refractivity (Wildman–Crippen MR) is 82.2 cm³/mol. The standard InChI is InChI=1S/C15H16BrFN2/c1-19(2)14-9-4-3-8-13(14)18-10-11-6-5-7-12(17)15(11)16/h3-9,18H,10H2,1-2H3. The first-order valence-electron chi connectivity index (χ1n) is 6.02. The topological polar surface area (TPSA) is 15.3 Å². The molecule has 19 heavy (non-hydrogen) atoms. The molecule has 0 aliphatic heterocycles. The average molecular weight is 323 g/mol. The minimum absolute atomic E-state index is 0.236. The van der Waals surface area contributed by atoms with Crippen molar-refractivity contribution in [3.8, 4) is 0 Å². The second kappa shape index (κ2) is 6.06. The zero-order valence-electron chi connectivity index (χ0n) is 11.0. The van der Waals surface area contributed by atoms with E-state index in [1.807, 2.05) is 49.3 Å². The van der Waals surface area contributed by atoms with E-state index in [2.05, 4.69) is 21.2 Å². The van der Waals surface area contributed by atoms with Gasteiger partial charge in [0.15, 0.2) is 0 Å². The average Bonchev–Trinajstić information content (AvgIpc) is 2.40. The van der Waals surface area contributed by atoms with E-state index in [1.54, 1.807) is 6.07 Å². The van der Waals surface area contributed by atoms with Crippen LogP contribution in [0, 0.1) is 5.82 Å². The van der Waals surface area contributed by atoms with E-state index in [9.17, 15) is 4.39 Å². The molecule has 2 rings (SSSR count). The van der Waals surface area contributed by atoms with E-state index in [0.29, 0.717) is 11.0 Å². The van der Waals surface area contributed by atoms with E-state index >= 15 is 0 Å². The summed E-state index contributed by atoms with van der Waals surface area (Å²) in [5.74, 6) is -0.236. The Kier molecular flexibility index (Phi) is 4.43. The van der Waals surface area contributed by atoms with Crippen molar-refractivity contribution in [2.75, 3.05) is 24.3 Å². The summed E-state index contributed by atoms with van der Waals surface area (Å²) in [7, 11) is 4.00. The van der Waals surface area contributed by atoms with Gasteiger partial charge in [0.1, 0.15) is 5.82 Å². The van der Waals surface area contributed by atoms with E-state index in [1.165, 1.54) is 6.07 Å². The van der Waals surface area contributed by atoms with Crippen molar-refractivity contribution in [1.82, 2.24) is 0 Å². The van der Waals surface area contributed by atoms with Crippen molar-refractivity contribution in [1.29, 1.82) is 0 Å². The SMILES string of the molecule is CN(C)c1ccccc1NCc1cccc(F)c1Br. The summed E-state index contributed by atoms with van der Waals surface area (Å²) in [6.45, 7) is 0.573. The molecule has 0 fully saturated rings. The fraction of sp³-hybridized carbons (Fsp3) is 0.200. The molecule has 0 atom stereocenters. The smallest absolute Gasteiger partial charge is 0.137 e. The lowest BCUT2D eigenvalue weighted by Crippen LogP contribution is -2.12. The summed E-state index contributed by atoms with van der Waals surface area (Å²) in [6, 6.07) is 13.1. The molecule has 0 amide bonds.